The number of amides is 1. The minimum absolute atomic E-state index is 0.00408. The van der Waals surface area contributed by atoms with Crippen LogP contribution in [0.3, 0.4) is 0 Å². The molecule has 166 valence electrons. The molecule has 0 unspecified atom stereocenters. The summed E-state index contributed by atoms with van der Waals surface area (Å²) < 4.78 is 32.5. The first-order valence-electron chi connectivity index (χ1n) is 10.5. The third-order valence-electron chi connectivity index (χ3n) is 5.70. The minimum Gasteiger partial charge on any atom is -0.460 e. The van der Waals surface area contributed by atoms with Gasteiger partial charge >= 0.3 is 6.01 Å². The molecule has 1 aliphatic carbocycles. The molecule has 1 aliphatic heterocycles. The average Bonchev–Trinajstić information content (AvgIpc) is 3.33. The number of hydrogen-bond donors (Lipinski definition) is 1. The van der Waals surface area contributed by atoms with Crippen LogP contribution in [0.25, 0.3) is 0 Å². The molecule has 0 radical (unpaired) electrons. The maximum Gasteiger partial charge on any atom is 0.316 e. The van der Waals surface area contributed by atoms with Crippen LogP contribution in [0, 0.1) is 0 Å². The Kier molecular flexibility index (Phi) is 6.74. The number of sulfonamides is 1. The molecule has 0 bridgehead atoms. The number of carbonyl (C=O) groups is 1. The Morgan fingerprint density at radius 2 is 1.65 bits per heavy atom. The van der Waals surface area contributed by atoms with Crippen molar-refractivity contribution in [2.24, 2.45) is 0 Å². The zero-order valence-electron chi connectivity index (χ0n) is 17.0. The number of halogens is 1. The molecule has 2 aromatic rings. The van der Waals surface area contributed by atoms with E-state index in [-0.39, 0.29) is 22.9 Å². The molecule has 1 aromatic heterocycles. The standard InChI is InChI=1S/C21H25ClN4O4S/c22-16-13-23-21(24-14-16)30-18-7-5-17(6-8-18)25-20(27)15-3-9-19(10-4-15)31(28,29)26-11-1-2-12-26/h3-4,9-10,13-14,17-18H,1-2,5-8,11-12H2,(H,25,27). The van der Waals surface area contributed by atoms with E-state index in [0.29, 0.717) is 29.7 Å². The van der Waals surface area contributed by atoms with E-state index in [4.69, 9.17) is 16.3 Å². The van der Waals surface area contributed by atoms with Crippen molar-refractivity contribution < 1.29 is 17.9 Å². The van der Waals surface area contributed by atoms with Gasteiger partial charge in [-0.3, -0.25) is 4.79 Å². The Bertz CT molecular complexity index is 1000. The Morgan fingerprint density at radius 1 is 1.03 bits per heavy atom. The van der Waals surface area contributed by atoms with Crippen LogP contribution in [0.5, 0.6) is 6.01 Å². The molecule has 2 heterocycles. The van der Waals surface area contributed by atoms with Crippen molar-refractivity contribution >= 4 is 27.5 Å². The molecule has 2 aliphatic rings. The first-order valence-corrected chi connectivity index (χ1v) is 12.3. The summed E-state index contributed by atoms with van der Waals surface area (Å²) in [5.74, 6) is -0.199. The number of rotatable bonds is 6. The number of carbonyl (C=O) groups excluding carboxylic acids is 1. The smallest absolute Gasteiger partial charge is 0.316 e. The fraction of sp³-hybridized carbons (Fsp3) is 0.476. The monoisotopic (exact) mass is 464 g/mol. The highest BCUT2D eigenvalue weighted by molar-refractivity contribution is 7.89. The third-order valence-corrected chi connectivity index (χ3v) is 7.81. The lowest BCUT2D eigenvalue weighted by molar-refractivity contribution is 0.0885. The molecule has 1 saturated carbocycles. The molecule has 10 heteroatoms. The Hall–Kier alpha value is -2.23. The number of nitrogens with zero attached hydrogens (tertiary/aromatic N) is 3. The fourth-order valence-corrected chi connectivity index (χ4v) is 5.57. The van der Waals surface area contributed by atoms with Gasteiger partial charge in [-0.2, -0.15) is 4.31 Å². The van der Waals surface area contributed by atoms with E-state index in [9.17, 15) is 13.2 Å². The van der Waals surface area contributed by atoms with Gasteiger partial charge in [0.05, 0.1) is 22.3 Å². The van der Waals surface area contributed by atoms with E-state index in [1.165, 1.54) is 28.8 Å². The van der Waals surface area contributed by atoms with Crippen molar-refractivity contribution in [1.82, 2.24) is 19.6 Å². The molecule has 2 fully saturated rings. The first-order chi connectivity index (χ1) is 14.9. The van der Waals surface area contributed by atoms with Gasteiger partial charge in [-0.05, 0) is 62.8 Å². The normalized spacial score (nSPS) is 22.2. The molecule has 0 spiro atoms. The number of benzene rings is 1. The van der Waals surface area contributed by atoms with Gasteiger partial charge in [-0.25, -0.2) is 18.4 Å². The van der Waals surface area contributed by atoms with Crippen LogP contribution in [0.1, 0.15) is 48.9 Å². The highest BCUT2D eigenvalue weighted by atomic mass is 35.5. The Morgan fingerprint density at radius 3 is 2.26 bits per heavy atom. The van der Waals surface area contributed by atoms with Gasteiger partial charge in [0.1, 0.15) is 6.10 Å². The summed E-state index contributed by atoms with van der Waals surface area (Å²) in [4.78, 5) is 20.9. The summed E-state index contributed by atoms with van der Waals surface area (Å²) in [6, 6.07) is 6.53. The minimum atomic E-state index is -3.47. The number of aromatic nitrogens is 2. The molecule has 1 aromatic carbocycles. The summed E-state index contributed by atoms with van der Waals surface area (Å²) in [6.45, 7) is 1.11. The van der Waals surface area contributed by atoms with Crippen molar-refractivity contribution in [3.8, 4) is 6.01 Å². The van der Waals surface area contributed by atoms with Crippen LogP contribution in [0.4, 0.5) is 0 Å². The molecular weight excluding hydrogens is 440 g/mol. The molecule has 4 rings (SSSR count). The average molecular weight is 465 g/mol. The molecule has 8 nitrogen and oxygen atoms in total. The second kappa shape index (κ2) is 9.50. The van der Waals surface area contributed by atoms with E-state index in [0.717, 1.165) is 38.5 Å². The van der Waals surface area contributed by atoms with Crippen molar-refractivity contribution in [1.29, 1.82) is 0 Å². The van der Waals surface area contributed by atoms with Gasteiger partial charge < -0.3 is 10.1 Å². The van der Waals surface area contributed by atoms with E-state index in [1.807, 2.05) is 0 Å². The van der Waals surface area contributed by atoms with E-state index >= 15 is 0 Å². The van der Waals surface area contributed by atoms with Gasteiger partial charge in [-0.1, -0.05) is 11.6 Å². The maximum absolute atomic E-state index is 12.6. The lowest BCUT2D eigenvalue weighted by atomic mass is 9.92. The molecular formula is C21H25ClN4O4S. The lowest BCUT2D eigenvalue weighted by Gasteiger charge is -2.28. The fourth-order valence-electron chi connectivity index (χ4n) is 3.96. The summed E-state index contributed by atoms with van der Waals surface area (Å²) in [7, 11) is -3.47. The SMILES string of the molecule is O=C(NC1CCC(Oc2ncc(Cl)cn2)CC1)c1ccc(S(=O)(=O)N2CCCC2)cc1. The van der Waals surface area contributed by atoms with Gasteiger partial charge in [0, 0.05) is 24.7 Å². The maximum atomic E-state index is 12.6. The second-order valence-corrected chi connectivity index (χ2v) is 10.3. The van der Waals surface area contributed by atoms with Crippen molar-refractivity contribution in [2.45, 2.75) is 55.6 Å². The summed E-state index contributed by atoms with van der Waals surface area (Å²) in [5, 5.41) is 3.50. The highest BCUT2D eigenvalue weighted by Gasteiger charge is 2.28. The molecule has 31 heavy (non-hydrogen) atoms. The summed E-state index contributed by atoms with van der Waals surface area (Å²) >= 11 is 5.78. The third kappa shape index (κ3) is 5.34. The highest BCUT2D eigenvalue weighted by Crippen LogP contribution is 2.24. The predicted molar refractivity (Wildman–Crippen MR) is 116 cm³/mol. The Labute approximate surface area is 187 Å². The predicted octanol–water partition coefficient (Wildman–Crippen LogP) is 3.03. The van der Waals surface area contributed by atoms with E-state index < -0.39 is 10.0 Å². The Balaban J connectivity index is 1.28. The summed E-state index contributed by atoms with van der Waals surface area (Å²) in [6.07, 6.45) is 7.91. The molecule has 1 N–H and O–H groups in total. The zero-order valence-corrected chi connectivity index (χ0v) is 18.6. The number of ether oxygens (including phenoxy) is 1. The van der Waals surface area contributed by atoms with Crippen LogP contribution < -0.4 is 10.1 Å². The largest absolute Gasteiger partial charge is 0.460 e. The molecule has 1 amide bonds. The number of nitrogens with one attached hydrogen (secondary N) is 1. The first kappa shape index (κ1) is 22.0. The van der Waals surface area contributed by atoms with E-state index in [1.54, 1.807) is 12.1 Å². The van der Waals surface area contributed by atoms with Gasteiger partial charge in [0.2, 0.25) is 10.0 Å². The van der Waals surface area contributed by atoms with Crippen LogP contribution in [-0.4, -0.2) is 53.8 Å². The molecule has 0 atom stereocenters. The van der Waals surface area contributed by atoms with E-state index in [2.05, 4.69) is 15.3 Å². The van der Waals surface area contributed by atoms with Gasteiger partial charge in [0.15, 0.2) is 0 Å². The van der Waals surface area contributed by atoms with Crippen LogP contribution in [0.15, 0.2) is 41.6 Å². The second-order valence-electron chi connectivity index (χ2n) is 7.88. The van der Waals surface area contributed by atoms with Crippen LogP contribution in [-0.2, 0) is 10.0 Å². The quantitative estimate of drug-likeness (QED) is 0.705. The van der Waals surface area contributed by atoms with Crippen molar-refractivity contribution in [2.75, 3.05) is 13.1 Å². The summed E-state index contributed by atoms with van der Waals surface area (Å²) in [5.41, 5.74) is 0.452. The van der Waals surface area contributed by atoms with Gasteiger partial charge in [-0.15, -0.1) is 0 Å². The van der Waals surface area contributed by atoms with Crippen molar-refractivity contribution in [3.63, 3.8) is 0 Å². The topological polar surface area (TPSA) is 101 Å². The van der Waals surface area contributed by atoms with Crippen LogP contribution >= 0.6 is 11.6 Å². The molecule has 1 saturated heterocycles. The number of hydrogen-bond acceptors (Lipinski definition) is 6. The zero-order chi connectivity index (χ0) is 21.8. The van der Waals surface area contributed by atoms with Crippen LogP contribution in [0.2, 0.25) is 5.02 Å². The van der Waals surface area contributed by atoms with Crippen molar-refractivity contribution in [3.05, 3.63) is 47.2 Å². The lowest BCUT2D eigenvalue weighted by Crippen LogP contribution is -2.39. The van der Waals surface area contributed by atoms with Gasteiger partial charge in [0.25, 0.3) is 5.91 Å².